The number of carboxylic acid groups (broad SMARTS) is 1. The van der Waals surface area contributed by atoms with Gasteiger partial charge in [-0.25, -0.2) is 0 Å². The highest BCUT2D eigenvalue weighted by atomic mass is 16.5. The molecule has 0 radical (unpaired) electrons. The average molecular weight is 265 g/mol. The van der Waals surface area contributed by atoms with E-state index in [4.69, 9.17) is 5.11 Å². The van der Waals surface area contributed by atoms with Crippen molar-refractivity contribution in [3.8, 4) is 0 Å². The van der Waals surface area contributed by atoms with Gasteiger partial charge in [0.1, 0.15) is 0 Å². The molecule has 1 aromatic carbocycles. The molecule has 0 aromatic heterocycles. The van der Waals surface area contributed by atoms with E-state index in [9.17, 15) is 9.59 Å². The van der Waals surface area contributed by atoms with Crippen molar-refractivity contribution in [1.29, 1.82) is 0 Å². The number of carbonyl (C=O) groups excluding carboxylic acids is 1. The first kappa shape index (κ1) is 15.2. The van der Waals surface area contributed by atoms with Gasteiger partial charge in [0.25, 0.3) is 0 Å². The monoisotopic (exact) mass is 265 g/mol. The van der Waals surface area contributed by atoms with Gasteiger partial charge in [-0.05, 0) is 18.2 Å². The Balaban J connectivity index is 2.60. The number of esters is 1. The number of rotatable bonds is 7. The van der Waals surface area contributed by atoms with E-state index in [0.29, 0.717) is 19.5 Å². The lowest BCUT2D eigenvalue weighted by Gasteiger charge is -2.17. The predicted molar refractivity (Wildman–Crippen MR) is 70.7 cm³/mol. The number of benzene rings is 1. The van der Waals surface area contributed by atoms with Crippen molar-refractivity contribution >= 4 is 11.9 Å². The first-order chi connectivity index (χ1) is 9.02. The summed E-state index contributed by atoms with van der Waals surface area (Å²) in [4.78, 5) is 23.8. The number of ether oxygens (including phenoxy) is 1. The van der Waals surface area contributed by atoms with E-state index in [1.807, 2.05) is 36.2 Å². The minimum absolute atomic E-state index is 0.0149. The summed E-state index contributed by atoms with van der Waals surface area (Å²) in [7, 11) is 3.25. The van der Waals surface area contributed by atoms with Gasteiger partial charge >= 0.3 is 11.9 Å². The van der Waals surface area contributed by atoms with Gasteiger partial charge in [0, 0.05) is 13.1 Å². The molecule has 104 valence electrons. The summed E-state index contributed by atoms with van der Waals surface area (Å²) in [5.41, 5.74) is 1.78. The van der Waals surface area contributed by atoms with Crippen molar-refractivity contribution in [2.75, 3.05) is 20.7 Å². The molecule has 0 amide bonds. The highest BCUT2D eigenvalue weighted by molar-refractivity contribution is 5.70. The molecule has 5 nitrogen and oxygen atoms in total. The Hall–Kier alpha value is -1.88. The van der Waals surface area contributed by atoms with Crippen LogP contribution in [0.2, 0.25) is 0 Å². The van der Waals surface area contributed by atoms with Crippen LogP contribution in [0, 0.1) is 0 Å². The van der Waals surface area contributed by atoms with Crippen LogP contribution in [0.1, 0.15) is 17.5 Å². The summed E-state index contributed by atoms with van der Waals surface area (Å²) in [6.45, 7) is 1.19. The molecule has 1 rings (SSSR count). The average Bonchev–Trinajstić information content (AvgIpc) is 2.37. The molecular formula is C14H19NO4. The Bertz CT molecular complexity index is 445. The Morgan fingerprint density at radius 1 is 1.26 bits per heavy atom. The predicted octanol–water partition coefficient (Wildman–Crippen LogP) is 1.31. The third kappa shape index (κ3) is 5.52. The number of aliphatic carboxylic acids is 1. The van der Waals surface area contributed by atoms with Gasteiger partial charge in [0.15, 0.2) is 0 Å². The maximum absolute atomic E-state index is 11.1. The lowest BCUT2D eigenvalue weighted by Crippen LogP contribution is -2.22. The molecule has 1 aromatic rings. The number of carboxylic acids is 1. The van der Waals surface area contributed by atoms with E-state index in [-0.39, 0.29) is 12.4 Å². The second-order valence-electron chi connectivity index (χ2n) is 4.40. The first-order valence-electron chi connectivity index (χ1n) is 6.07. The number of methoxy groups -OCH3 is 1. The minimum atomic E-state index is -0.843. The van der Waals surface area contributed by atoms with Crippen molar-refractivity contribution in [2.45, 2.75) is 19.4 Å². The van der Waals surface area contributed by atoms with Crippen LogP contribution in [-0.4, -0.2) is 42.6 Å². The zero-order valence-electron chi connectivity index (χ0n) is 11.3. The molecule has 0 aliphatic heterocycles. The van der Waals surface area contributed by atoms with Crippen molar-refractivity contribution in [3.63, 3.8) is 0 Å². The molecule has 0 aliphatic carbocycles. The summed E-state index contributed by atoms with van der Waals surface area (Å²) in [6, 6.07) is 7.44. The molecule has 0 atom stereocenters. The Morgan fingerprint density at radius 2 is 1.89 bits per heavy atom. The lowest BCUT2D eigenvalue weighted by atomic mass is 10.0. The molecule has 0 spiro atoms. The number of carbonyl (C=O) groups is 2. The number of hydrogen-bond acceptors (Lipinski definition) is 4. The van der Waals surface area contributed by atoms with Crippen molar-refractivity contribution in [1.82, 2.24) is 4.90 Å². The van der Waals surface area contributed by atoms with E-state index in [0.717, 1.165) is 11.1 Å². The van der Waals surface area contributed by atoms with Crippen LogP contribution in [0.25, 0.3) is 0 Å². The van der Waals surface area contributed by atoms with Crippen LogP contribution in [0.5, 0.6) is 0 Å². The summed E-state index contributed by atoms with van der Waals surface area (Å²) in [6.07, 6.45) is 0.342. The fourth-order valence-corrected chi connectivity index (χ4v) is 1.80. The maximum atomic E-state index is 11.1. The van der Waals surface area contributed by atoms with E-state index in [1.165, 1.54) is 7.11 Å². The molecule has 19 heavy (non-hydrogen) atoms. The van der Waals surface area contributed by atoms with Crippen molar-refractivity contribution in [2.24, 2.45) is 0 Å². The third-order valence-corrected chi connectivity index (χ3v) is 2.83. The Morgan fingerprint density at radius 3 is 2.47 bits per heavy atom. The molecule has 1 N–H and O–H groups in total. The van der Waals surface area contributed by atoms with E-state index >= 15 is 0 Å². The quantitative estimate of drug-likeness (QED) is 0.753. The van der Waals surface area contributed by atoms with Crippen LogP contribution in [0.3, 0.4) is 0 Å². The van der Waals surface area contributed by atoms with Crippen molar-refractivity contribution in [3.05, 3.63) is 35.4 Å². The normalized spacial score (nSPS) is 10.5. The zero-order valence-corrected chi connectivity index (χ0v) is 11.3. The van der Waals surface area contributed by atoms with Gasteiger partial charge in [0.2, 0.25) is 0 Å². The topological polar surface area (TPSA) is 66.8 Å². The standard InChI is InChI=1S/C14H19NO4/c1-15(8-7-14(18)19-2)10-12-6-4-3-5-11(12)9-13(16)17/h3-6H,7-10H2,1-2H3,(H,16,17). The van der Waals surface area contributed by atoms with Crippen LogP contribution < -0.4 is 0 Å². The maximum Gasteiger partial charge on any atom is 0.307 e. The minimum Gasteiger partial charge on any atom is -0.481 e. The van der Waals surface area contributed by atoms with Gasteiger partial charge in [-0.3, -0.25) is 9.59 Å². The van der Waals surface area contributed by atoms with Crippen LogP contribution >= 0.6 is 0 Å². The summed E-state index contributed by atoms with van der Waals surface area (Å²) in [5.74, 6) is -1.09. The Kier molecular flexibility index (Phi) is 6.02. The van der Waals surface area contributed by atoms with Crippen LogP contribution in [-0.2, 0) is 27.3 Å². The van der Waals surface area contributed by atoms with E-state index in [1.54, 1.807) is 0 Å². The van der Waals surface area contributed by atoms with Gasteiger partial charge in [-0.2, -0.15) is 0 Å². The largest absolute Gasteiger partial charge is 0.481 e. The van der Waals surface area contributed by atoms with Crippen molar-refractivity contribution < 1.29 is 19.4 Å². The molecule has 0 aliphatic rings. The summed E-state index contributed by atoms with van der Waals surface area (Å²) < 4.78 is 4.58. The van der Waals surface area contributed by atoms with Crippen LogP contribution in [0.4, 0.5) is 0 Å². The van der Waals surface area contributed by atoms with Crippen LogP contribution in [0.15, 0.2) is 24.3 Å². The zero-order chi connectivity index (χ0) is 14.3. The van der Waals surface area contributed by atoms with E-state index < -0.39 is 5.97 Å². The first-order valence-corrected chi connectivity index (χ1v) is 6.07. The fraction of sp³-hybridized carbons (Fsp3) is 0.429. The highest BCUT2D eigenvalue weighted by Gasteiger charge is 2.09. The molecule has 0 heterocycles. The van der Waals surface area contributed by atoms with Gasteiger partial charge in [0.05, 0.1) is 20.0 Å². The van der Waals surface area contributed by atoms with Gasteiger partial charge in [-0.1, -0.05) is 24.3 Å². The Labute approximate surface area is 112 Å². The lowest BCUT2D eigenvalue weighted by molar-refractivity contribution is -0.141. The molecule has 5 heteroatoms. The number of nitrogens with zero attached hydrogens (tertiary/aromatic N) is 1. The second kappa shape index (κ2) is 7.53. The highest BCUT2D eigenvalue weighted by Crippen LogP contribution is 2.12. The molecule has 0 saturated carbocycles. The smallest absolute Gasteiger partial charge is 0.307 e. The van der Waals surface area contributed by atoms with E-state index in [2.05, 4.69) is 4.74 Å². The molecule has 0 bridgehead atoms. The molecule has 0 fully saturated rings. The third-order valence-electron chi connectivity index (χ3n) is 2.83. The fourth-order valence-electron chi connectivity index (χ4n) is 1.80. The SMILES string of the molecule is COC(=O)CCN(C)Cc1ccccc1CC(=O)O. The molecule has 0 unspecified atom stereocenters. The number of hydrogen-bond donors (Lipinski definition) is 1. The summed E-state index contributed by atoms with van der Waals surface area (Å²) >= 11 is 0. The molecule has 0 saturated heterocycles. The van der Waals surface area contributed by atoms with Gasteiger partial charge < -0.3 is 14.7 Å². The van der Waals surface area contributed by atoms with Gasteiger partial charge in [-0.15, -0.1) is 0 Å². The second-order valence-corrected chi connectivity index (χ2v) is 4.40. The molecular weight excluding hydrogens is 246 g/mol. The summed E-state index contributed by atoms with van der Waals surface area (Å²) in [5, 5.41) is 8.86.